The Bertz CT molecular complexity index is 408. The van der Waals surface area contributed by atoms with Gasteiger partial charge in [0.05, 0.1) is 0 Å². The summed E-state index contributed by atoms with van der Waals surface area (Å²) in [7, 11) is 0. The smallest absolute Gasteiger partial charge is 0.252 e. The maximum absolute atomic E-state index is 7.13. The zero-order valence-electron chi connectivity index (χ0n) is 10.2. The number of hydrogen-bond donors (Lipinski definition) is 0. The van der Waals surface area contributed by atoms with Gasteiger partial charge in [-0.15, -0.1) is 0 Å². The first-order chi connectivity index (χ1) is 7.33. The molecular weight excluding hydrogens is 196 g/mol. The van der Waals surface area contributed by atoms with Crippen LogP contribution in [-0.4, -0.2) is 0 Å². The van der Waals surface area contributed by atoms with Crippen LogP contribution in [0.5, 0.6) is 0 Å². The van der Waals surface area contributed by atoms with Crippen molar-refractivity contribution in [3.8, 4) is 0 Å². The highest BCUT2D eigenvalue weighted by atomic mass is 14.8. The van der Waals surface area contributed by atoms with Crippen LogP contribution in [0.3, 0.4) is 0 Å². The molecule has 0 heterocycles. The van der Waals surface area contributed by atoms with Gasteiger partial charge in [0.2, 0.25) is 0 Å². The minimum absolute atomic E-state index is 0.485. The van der Waals surface area contributed by atoms with Crippen LogP contribution in [0.2, 0.25) is 0 Å². The number of benzene rings is 1. The molecule has 0 aliphatic carbocycles. The molecule has 82 valence electrons. The van der Waals surface area contributed by atoms with Gasteiger partial charge in [0.25, 0.3) is 11.1 Å². The molecule has 0 aromatic heterocycles. The molecular formula is C14H16N2. The van der Waals surface area contributed by atoms with Crippen molar-refractivity contribution in [2.75, 3.05) is 0 Å². The van der Waals surface area contributed by atoms with Gasteiger partial charge in [-0.3, -0.25) is 0 Å². The van der Waals surface area contributed by atoms with Gasteiger partial charge in [0.15, 0.2) is 0 Å². The van der Waals surface area contributed by atoms with Crippen LogP contribution in [0.1, 0.15) is 38.8 Å². The Morgan fingerprint density at radius 3 is 1.19 bits per heavy atom. The molecule has 0 bridgehead atoms. The SMILES string of the molecule is [C-]#[N+]C(C)(C)c1ccc(C(C)(C)[N+]#[C-])cc1. The second kappa shape index (κ2) is 3.99. The van der Waals surface area contributed by atoms with Gasteiger partial charge in [-0.25, -0.2) is 13.1 Å². The average molecular weight is 212 g/mol. The first-order valence-electron chi connectivity index (χ1n) is 5.22. The minimum Gasteiger partial charge on any atom is -0.306 e. The summed E-state index contributed by atoms with van der Waals surface area (Å²) in [6.45, 7) is 21.9. The Hall–Kier alpha value is -1.80. The van der Waals surface area contributed by atoms with E-state index in [1.165, 1.54) is 0 Å². The summed E-state index contributed by atoms with van der Waals surface area (Å²) in [4.78, 5) is 7.18. The third-order valence-corrected chi connectivity index (χ3v) is 2.86. The van der Waals surface area contributed by atoms with Crippen LogP contribution in [0.15, 0.2) is 24.3 Å². The first-order valence-corrected chi connectivity index (χ1v) is 5.22. The Morgan fingerprint density at radius 2 is 1.00 bits per heavy atom. The van der Waals surface area contributed by atoms with Crippen molar-refractivity contribution in [2.24, 2.45) is 0 Å². The Morgan fingerprint density at radius 1 is 0.750 bits per heavy atom. The van der Waals surface area contributed by atoms with Crippen LogP contribution in [0.4, 0.5) is 0 Å². The predicted octanol–water partition coefficient (Wildman–Crippen LogP) is 4.00. The Balaban J connectivity index is 3.13. The van der Waals surface area contributed by atoms with Gasteiger partial charge < -0.3 is 9.69 Å². The molecule has 0 radical (unpaired) electrons. The van der Waals surface area contributed by atoms with Crippen molar-refractivity contribution >= 4 is 0 Å². The number of hydrogen-bond acceptors (Lipinski definition) is 0. The summed E-state index contributed by atoms with van der Waals surface area (Å²) in [5, 5.41) is 0. The molecule has 2 nitrogen and oxygen atoms in total. The van der Waals surface area contributed by atoms with Crippen molar-refractivity contribution in [3.63, 3.8) is 0 Å². The van der Waals surface area contributed by atoms with E-state index in [1.807, 2.05) is 52.0 Å². The van der Waals surface area contributed by atoms with Gasteiger partial charge in [-0.05, 0) is 0 Å². The lowest BCUT2D eigenvalue weighted by Crippen LogP contribution is -2.14. The van der Waals surface area contributed by atoms with E-state index in [4.69, 9.17) is 13.1 Å². The van der Waals surface area contributed by atoms with Crippen LogP contribution >= 0.6 is 0 Å². The fourth-order valence-corrected chi connectivity index (χ4v) is 1.42. The largest absolute Gasteiger partial charge is 0.306 e. The predicted molar refractivity (Wildman–Crippen MR) is 65.7 cm³/mol. The highest BCUT2D eigenvalue weighted by Crippen LogP contribution is 2.29. The topological polar surface area (TPSA) is 8.72 Å². The van der Waals surface area contributed by atoms with Gasteiger partial charge in [0.1, 0.15) is 0 Å². The van der Waals surface area contributed by atoms with E-state index in [9.17, 15) is 0 Å². The first kappa shape index (κ1) is 12.3. The van der Waals surface area contributed by atoms with Crippen LogP contribution < -0.4 is 0 Å². The summed E-state index contributed by atoms with van der Waals surface area (Å²) >= 11 is 0. The summed E-state index contributed by atoms with van der Waals surface area (Å²) < 4.78 is 0. The molecule has 16 heavy (non-hydrogen) atoms. The monoisotopic (exact) mass is 212 g/mol. The van der Waals surface area contributed by atoms with Crippen molar-refractivity contribution < 1.29 is 0 Å². The van der Waals surface area contributed by atoms with E-state index in [2.05, 4.69) is 9.69 Å². The molecule has 0 unspecified atom stereocenters. The van der Waals surface area contributed by atoms with Crippen LogP contribution in [0.25, 0.3) is 9.69 Å². The maximum atomic E-state index is 7.13. The summed E-state index contributed by atoms with van der Waals surface area (Å²) in [5.41, 5.74) is 1.01. The minimum atomic E-state index is -0.485. The lowest BCUT2D eigenvalue weighted by atomic mass is 9.90. The van der Waals surface area contributed by atoms with Crippen LogP contribution in [-0.2, 0) is 11.1 Å². The summed E-state index contributed by atoms with van der Waals surface area (Å²) in [5.74, 6) is 0. The summed E-state index contributed by atoms with van der Waals surface area (Å²) in [6.07, 6.45) is 0. The lowest BCUT2D eigenvalue weighted by molar-refractivity contribution is 0.648. The highest BCUT2D eigenvalue weighted by molar-refractivity contribution is 5.34. The fraction of sp³-hybridized carbons (Fsp3) is 0.429. The van der Waals surface area contributed by atoms with Crippen molar-refractivity contribution in [1.82, 2.24) is 0 Å². The third kappa shape index (κ3) is 2.23. The molecule has 0 saturated carbocycles. The zero-order chi connectivity index (χ0) is 12.4. The van der Waals surface area contributed by atoms with Crippen molar-refractivity contribution in [1.29, 1.82) is 0 Å². The molecule has 0 fully saturated rings. The normalized spacial score (nSPS) is 11.6. The molecule has 0 saturated heterocycles. The van der Waals surface area contributed by atoms with Crippen LogP contribution in [0, 0.1) is 13.1 Å². The van der Waals surface area contributed by atoms with Gasteiger partial charge in [-0.2, -0.15) is 0 Å². The Labute approximate surface area is 97.6 Å². The zero-order valence-corrected chi connectivity index (χ0v) is 10.2. The van der Waals surface area contributed by atoms with E-state index in [-0.39, 0.29) is 0 Å². The van der Waals surface area contributed by atoms with E-state index in [0.717, 1.165) is 11.1 Å². The highest BCUT2D eigenvalue weighted by Gasteiger charge is 2.29. The second-order valence-electron chi connectivity index (χ2n) is 4.92. The third-order valence-electron chi connectivity index (χ3n) is 2.86. The lowest BCUT2D eigenvalue weighted by Gasteiger charge is -2.15. The van der Waals surface area contributed by atoms with E-state index < -0.39 is 11.1 Å². The fourth-order valence-electron chi connectivity index (χ4n) is 1.42. The summed E-state index contributed by atoms with van der Waals surface area (Å²) in [6, 6.07) is 7.78. The van der Waals surface area contributed by atoms with Crippen molar-refractivity contribution in [2.45, 2.75) is 38.8 Å². The molecule has 0 amide bonds. The maximum Gasteiger partial charge on any atom is 0.252 e. The molecule has 0 aliphatic rings. The molecule has 0 N–H and O–H groups in total. The van der Waals surface area contributed by atoms with Gasteiger partial charge in [0, 0.05) is 38.8 Å². The second-order valence-corrected chi connectivity index (χ2v) is 4.92. The van der Waals surface area contributed by atoms with E-state index in [1.54, 1.807) is 0 Å². The van der Waals surface area contributed by atoms with Gasteiger partial charge >= 0.3 is 0 Å². The molecule has 0 atom stereocenters. The standard InChI is InChI=1S/C14H16N2/c1-13(2,15-5)11-7-9-12(10-8-11)14(3,4)16-6/h7-10H,1-4H3. The van der Waals surface area contributed by atoms with E-state index >= 15 is 0 Å². The number of rotatable bonds is 2. The molecule has 1 rings (SSSR count). The van der Waals surface area contributed by atoms with Gasteiger partial charge in [-0.1, -0.05) is 24.3 Å². The van der Waals surface area contributed by atoms with E-state index in [0.29, 0.717) is 0 Å². The quantitative estimate of drug-likeness (QED) is 0.655. The molecule has 2 heteroatoms. The molecule has 0 spiro atoms. The number of nitrogens with zero attached hydrogens (tertiary/aromatic N) is 2. The molecule has 1 aromatic rings. The molecule has 1 aromatic carbocycles. The Kier molecular flexibility index (Phi) is 3.06. The average Bonchev–Trinajstić information content (AvgIpc) is 2.29. The van der Waals surface area contributed by atoms with Crippen molar-refractivity contribution in [3.05, 3.63) is 58.2 Å². The molecule has 0 aliphatic heterocycles.